The van der Waals surface area contributed by atoms with Crippen molar-refractivity contribution in [2.24, 2.45) is 0 Å². The van der Waals surface area contributed by atoms with E-state index in [1.54, 1.807) is 0 Å². The monoisotopic (exact) mass is 227 g/mol. The maximum Gasteiger partial charge on any atom is 0.164 e. The van der Waals surface area contributed by atoms with Crippen molar-refractivity contribution in [2.75, 3.05) is 5.88 Å². The number of hydrogen-bond donors (Lipinski definition) is 0. The molecule has 0 atom stereocenters. The minimum atomic E-state index is 0.212. The first kappa shape index (κ1) is 12.3. The van der Waals surface area contributed by atoms with E-state index in [1.165, 1.54) is 0 Å². The number of ketones is 1. The summed E-state index contributed by atoms with van der Waals surface area (Å²) in [4.78, 5) is 11.8. The second-order valence-electron chi connectivity index (χ2n) is 3.74. The van der Waals surface area contributed by atoms with Gasteiger partial charge in [-0.15, -0.1) is 11.6 Å². The standard InChI is InChI=1S/C12H18ClNO/c1-4-14-9(2)8-11(10(14)3)12(15)6-5-7-13/h8H,4-7H2,1-3H3. The number of Topliss-reactive ketones (excluding diaryl/α,β-unsaturated/α-hetero) is 1. The van der Waals surface area contributed by atoms with Gasteiger partial charge in [0.2, 0.25) is 0 Å². The Labute approximate surface area is 96.2 Å². The van der Waals surface area contributed by atoms with Gasteiger partial charge in [0.25, 0.3) is 0 Å². The quantitative estimate of drug-likeness (QED) is 0.559. The number of aryl methyl sites for hydroxylation is 1. The van der Waals surface area contributed by atoms with E-state index in [0.29, 0.717) is 12.3 Å². The van der Waals surface area contributed by atoms with Gasteiger partial charge in [-0.25, -0.2) is 0 Å². The van der Waals surface area contributed by atoms with Gasteiger partial charge in [0.05, 0.1) is 0 Å². The van der Waals surface area contributed by atoms with Gasteiger partial charge < -0.3 is 4.57 Å². The Morgan fingerprint density at radius 3 is 2.60 bits per heavy atom. The van der Waals surface area contributed by atoms with Crippen molar-refractivity contribution in [3.8, 4) is 0 Å². The average molecular weight is 228 g/mol. The molecule has 0 fully saturated rings. The largest absolute Gasteiger partial charge is 0.349 e. The second-order valence-corrected chi connectivity index (χ2v) is 4.12. The molecule has 1 heterocycles. The predicted molar refractivity (Wildman–Crippen MR) is 63.9 cm³/mol. The fraction of sp³-hybridized carbons (Fsp3) is 0.583. The number of hydrogen-bond acceptors (Lipinski definition) is 1. The lowest BCUT2D eigenvalue weighted by Gasteiger charge is -2.05. The minimum absolute atomic E-state index is 0.212. The van der Waals surface area contributed by atoms with E-state index in [2.05, 4.69) is 11.5 Å². The zero-order chi connectivity index (χ0) is 11.4. The summed E-state index contributed by atoms with van der Waals surface area (Å²) >= 11 is 5.58. The molecule has 0 aliphatic rings. The lowest BCUT2D eigenvalue weighted by Crippen LogP contribution is -2.03. The van der Waals surface area contributed by atoms with Gasteiger partial charge >= 0.3 is 0 Å². The zero-order valence-electron chi connectivity index (χ0n) is 9.64. The molecule has 0 saturated heterocycles. The first-order valence-corrected chi connectivity index (χ1v) is 5.91. The van der Waals surface area contributed by atoms with Crippen LogP contribution in [0.4, 0.5) is 0 Å². The summed E-state index contributed by atoms with van der Waals surface area (Å²) in [6.45, 7) is 7.05. The number of aromatic nitrogens is 1. The summed E-state index contributed by atoms with van der Waals surface area (Å²) in [5.41, 5.74) is 3.10. The number of nitrogens with zero attached hydrogens (tertiary/aromatic N) is 1. The smallest absolute Gasteiger partial charge is 0.164 e. The topological polar surface area (TPSA) is 22.0 Å². The lowest BCUT2D eigenvalue weighted by atomic mass is 10.1. The first-order chi connectivity index (χ1) is 7.11. The SMILES string of the molecule is CCn1c(C)cc(C(=O)CCCCl)c1C. The molecular formula is C12H18ClNO. The van der Waals surface area contributed by atoms with Gasteiger partial charge in [-0.3, -0.25) is 4.79 Å². The Morgan fingerprint density at radius 2 is 2.13 bits per heavy atom. The van der Waals surface area contributed by atoms with Crippen LogP contribution in [0.5, 0.6) is 0 Å². The van der Waals surface area contributed by atoms with E-state index >= 15 is 0 Å². The summed E-state index contributed by atoms with van der Waals surface area (Å²) in [5, 5.41) is 0. The number of halogens is 1. The van der Waals surface area contributed by atoms with Gasteiger partial charge in [-0.2, -0.15) is 0 Å². The highest BCUT2D eigenvalue weighted by atomic mass is 35.5. The number of rotatable bonds is 5. The van der Waals surface area contributed by atoms with Crippen molar-refractivity contribution < 1.29 is 4.79 Å². The van der Waals surface area contributed by atoms with Crippen LogP contribution in [-0.4, -0.2) is 16.2 Å². The molecule has 0 aromatic carbocycles. The number of carbonyl (C=O) groups excluding carboxylic acids is 1. The zero-order valence-corrected chi connectivity index (χ0v) is 10.4. The van der Waals surface area contributed by atoms with Crippen LogP contribution in [0.15, 0.2) is 6.07 Å². The first-order valence-electron chi connectivity index (χ1n) is 5.37. The molecule has 0 N–H and O–H groups in total. The fourth-order valence-corrected chi connectivity index (χ4v) is 2.07. The third kappa shape index (κ3) is 2.63. The van der Waals surface area contributed by atoms with Crippen LogP contribution < -0.4 is 0 Å². The lowest BCUT2D eigenvalue weighted by molar-refractivity contribution is 0.0981. The number of carbonyl (C=O) groups is 1. The van der Waals surface area contributed by atoms with Crippen LogP contribution in [0, 0.1) is 13.8 Å². The summed E-state index contributed by atoms with van der Waals surface area (Å²) in [5.74, 6) is 0.765. The van der Waals surface area contributed by atoms with Crippen molar-refractivity contribution in [2.45, 2.75) is 40.2 Å². The molecule has 1 aromatic rings. The van der Waals surface area contributed by atoms with E-state index in [9.17, 15) is 4.79 Å². The second kappa shape index (κ2) is 5.36. The summed E-state index contributed by atoms with van der Waals surface area (Å²) < 4.78 is 2.16. The highest BCUT2D eigenvalue weighted by Gasteiger charge is 2.13. The molecule has 0 amide bonds. The van der Waals surface area contributed by atoms with Crippen molar-refractivity contribution >= 4 is 17.4 Å². The molecule has 0 saturated carbocycles. The molecule has 1 aromatic heterocycles. The van der Waals surface area contributed by atoms with Gasteiger partial charge in [0, 0.05) is 35.8 Å². The van der Waals surface area contributed by atoms with Gasteiger partial charge in [-0.1, -0.05) is 0 Å². The summed E-state index contributed by atoms with van der Waals surface area (Å²) in [6.07, 6.45) is 1.31. The molecule has 0 radical (unpaired) electrons. The van der Waals surface area contributed by atoms with Crippen LogP contribution in [0.25, 0.3) is 0 Å². The van der Waals surface area contributed by atoms with Crippen molar-refractivity contribution in [3.05, 3.63) is 23.0 Å². The molecule has 1 rings (SSSR count). The van der Waals surface area contributed by atoms with E-state index < -0.39 is 0 Å². The Kier molecular flexibility index (Phi) is 4.40. The minimum Gasteiger partial charge on any atom is -0.349 e. The molecule has 0 unspecified atom stereocenters. The van der Waals surface area contributed by atoms with Crippen molar-refractivity contribution in [1.29, 1.82) is 0 Å². The molecule has 0 bridgehead atoms. The van der Waals surface area contributed by atoms with E-state index in [0.717, 1.165) is 29.9 Å². The molecule has 0 aliphatic carbocycles. The Balaban J connectivity index is 2.90. The van der Waals surface area contributed by atoms with Gasteiger partial charge in [0.1, 0.15) is 0 Å². The third-order valence-electron chi connectivity index (χ3n) is 2.73. The molecule has 0 spiro atoms. The van der Waals surface area contributed by atoms with Gasteiger partial charge in [-0.05, 0) is 33.3 Å². The van der Waals surface area contributed by atoms with Crippen molar-refractivity contribution in [1.82, 2.24) is 4.57 Å². The Morgan fingerprint density at radius 1 is 1.47 bits per heavy atom. The maximum atomic E-state index is 11.8. The predicted octanol–water partition coefficient (Wildman–Crippen LogP) is 3.33. The molecule has 2 nitrogen and oxygen atoms in total. The fourth-order valence-electron chi connectivity index (χ4n) is 1.93. The van der Waals surface area contributed by atoms with Crippen molar-refractivity contribution in [3.63, 3.8) is 0 Å². The van der Waals surface area contributed by atoms with E-state index in [4.69, 9.17) is 11.6 Å². The van der Waals surface area contributed by atoms with E-state index in [-0.39, 0.29) is 5.78 Å². The van der Waals surface area contributed by atoms with Gasteiger partial charge in [0.15, 0.2) is 5.78 Å². The average Bonchev–Trinajstić information content (AvgIpc) is 2.50. The summed E-state index contributed by atoms with van der Waals surface area (Å²) in [6, 6.07) is 1.98. The third-order valence-corrected chi connectivity index (χ3v) is 3.00. The normalized spacial score (nSPS) is 10.7. The molecule has 15 heavy (non-hydrogen) atoms. The Hall–Kier alpha value is -0.760. The van der Waals surface area contributed by atoms with Crippen LogP contribution in [-0.2, 0) is 6.54 Å². The number of alkyl halides is 1. The molecule has 0 aliphatic heterocycles. The summed E-state index contributed by atoms with van der Waals surface area (Å²) in [7, 11) is 0. The molecular weight excluding hydrogens is 210 g/mol. The highest BCUT2D eigenvalue weighted by molar-refractivity contribution is 6.18. The molecule has 84 valence electrons. The van der Waals surface area contributed by atoms with Crippen LogP contribution >= 0.6 is 11.6 Å². The highest BCUT2D eigenvalue weighted by Crippen LogP contribution is 2.17. The van der Waals surface area contributed by atoms with Crippen LogP contribution in [0.2, 0.25) is 0 Å². The molecule has 3 heteroatoms. The van der Waals surface area contributed by atoms with E-state index in [1.807, 2.05) is 19.9 Å². The van der Waals surface area contributed by atoms with Crippen LogP contribution in [0.3, 0.4) is 0 Å². The van der Waals surface area contributed by atoms with Crippen LogP contribution in [0.1, 0.15) is 41.5 Å². The Bertz CT molecular complexity index is 355. The maximum absolute atomic E-state index is 11.8.